The summed E-state index contributed by atoms with van der Waals surface area (Å²) in [5, 5.41) is 0. The van der Waals surface area contributed by atoms with Crippen LogP contribution in [0.3, 0.4) is 0 Å². The summed E-state index contributed by atoms with van der Waals surface area (Å²) in [7, 11) is -2.84. The molecule has 0 amide bonds. The van der Waals surface area contributed by atoms with E-state index in [0.29, 0.717) is 11.6 Å². The number of nitrogens with zero attached hydrogens (tertiary/aromatic N) is 1. The van der Waals surface area contributed by atoms with E-state index in [9.17, 15) is 21.6 Å². The van der Waals surface area contributed by atoms with Crippen molar-refractivity contribution >= 4 is 10.0 Å². The Balaban J connectivity index is 2.70. The van der Waals surface area contributed by atoms with Crippen LogP contribution in [0.5, 0.6) is 0 Å². The highest BCUT2D eigenvalue weighted by Crippen LogP contribution is 2.34. The van der Waals surface area contributed by atoms with Gasteiger partial charge in [0.1, 0.15) is 0 Å². The molecule has 0 saturated carbocycles. The summed E-state index contributed by atoms with van der Waals surface area (Å²) in [5.41, 5.74) is -0.499. The highest BCUT2D eigenvalue weighted by atomic mass is 32.2. The van der Waals surface area contributed by atoms with Crippen LogP contribution in [0, 0.1) is 0 Å². The molecule has 0 aliphatic rings. The molecule has 0 radical (unpaired) electrons. The average Bonchev–Trinajstić information content (AvgIpc) is 2.47. The molecule has 1 heterocycles. The summed E-state index contributed by atoms with van der Waals surface area (Å²) in [6, 6.07) is 5.79. The number of hydrogen-bond acceptors (Lipinski definition) is 3. The van der Waals surface area contributed by atoms with Gasteiger partial charge in [0.25, 0.3) is 0 Å². The Hall–Kier alpha value is -1.93. The topological polar surface area (TPSA) is 59.1 Å². The summed E-state index contributed by atoms with van der Waals surface area (Å²) in [6.07, 6.45) is -1.80. The molecule has 0 spiro atoms. The predicted molar refractivity (Wildman–Crippen MR) is 70.9 cm³/mol. The van der Waals surface area contributed by atoms with Gasteiger partial charge in [-0.2, -0.15) is 13.2 Å². The van der Waals surface area contributed by atoms with Crippen molar-refractivity contribution in [1.29, 1.82) is 0 Å². The first-order valence-corrected chi connectivity index (χ1v) is 7.28. The summed E-state index contributed by atoms with van der Waals surface area (Å²) in [4.78, 5) is 3.37. The van der Waals surface area contributed by atoms with Crippen LogP contribution in [0.25, 0.3) is 11.1 Å². The molecule has 1 N–H and O–H groups in total. The third-order valence-corrected chi connectivity index (χ3v) is 4.20. The lowest BCUT2D eigenvalue weighted by molar-refractivity contribution is -0.137. The monoisotopic (exact) mass is 316 g/mol. The molecule has 21 heavy (non-hydrogen) atoms. The molecule has 2 aromatic rings. The minimum atomic E-state index is -4.64. The zero-order chi connectivity index (χ0) is 15.7. The molecule has 0 saturated heterocycles. The number of benzene rings is 1. The van der Waals surface area contributed by atoms with Crippen molar-refractivity contribution < 1.29 is 21.6 Å². The molecule has 0 fully saturated rings. The van der Waals surface area contributed by atoms with Crippen molar-refractivity contribution in [3.63, 3.8) is 0 Å². The van der Waals surface area contributed by atoms with Crippen molar-refractivity contribution in [2.75, 3.05) is 7.05 Å². The van der Waals surface area contributed by atoms with Gasteiger partial charge in [0.2, 0.25) is 10.0 Å². The Bertz CT molecular complexity index is 744. The highest BCUT2D eigenvalue weighted by Gasteiger charge is 2.32. The fraction of sp³-hybridized carbons (Fsp3) is 0.154. The number of aromatic nitrogens is 1. The largest absolute Gasteiger partial charge is 0.416 e. The second kappa shape index (κ2) is 5.45. The van der Waals surface area contributed by atoms with Crippen LogP contribution in [-0.4, -0.2) is 20.4 Å². The SMILES string of the molecule is CNS(=O)(=O)c1cc(-c2cccnc2)cc(C(F)(F)F)c1. The van der Waals surface area contributed by atoms with E-state index in [4.69, 9.17) is 0 Å². The molecule has 0 bridgehead atoms. The fourth-order valence-corrected chi connectivity index (χ4v) is 2.54. The Morgan fingerprint density at radius 2 is 1.86 bits per heavy atom. The number of rotatable bonds is 3. The molecule has 2 rings (SSSR count). The Labute approximate surface area is 119 Å². The molecule has 1 aromatic carbocycles. The van der Waals surface area contributed by atoms with E-state index in [1.54, 1.807) is 12.1 Å². The molecule has 0 atom stereocenters. The van der Waals surface area contributed by atoms with Gasteiger partial charge in [-0.25, -0.2) is 13.1 Å². The van der Waals surface area contributed by atoms with E-state index in [1.807, 2.05) is 4.72 Å². The number of hydrogen-bond donors (Lipinski definition) is 1. The lowest BCUT2D eigenvalue weighted by atomic mass is 10.0. The first-order chi connectivity index (χ1) is 9.74. The second-order valence-corrected chi connectivity index (χ2v) is 6.08. The molecular formula is C13H11F3N2O2S. The third kappa shape index (κ3) is 3.40. The molecule has 0 aliphatic heterocycles. The van der Waals surface area contributed by atoms with Crippen molar-refractivity contribution in [2.24, 2.45) is 0 Å². The number of halogens is 3. The van der Waals surface area contributed by atoms with Gasteiger partial charge in [0.15, 0.2) is 0 Å². The molecule has 4 nitrogen and oxygen atoms in total. The van der Waals surface area contributed by atoms with Gasteiger partial charge in [0.05, 0.1) is 10.5 Å². The molecule has 1 aromatic heterocycles. The Morgan fingerprint density at radius 1 is 1.14 bits per heavy atom. The summed E-state index contributed by atoms with van der Waals surface area (Å²) < 4.78 is 64.3. The number of alkyl halides is 3. The number of sulfonamides is 1. The minimum Gasteiger partial charge on any atom is -0.264 e. The third-order valence-electron chi connectivity index (χ3n) is 2.81. The second-order valence-electron chi connectivity index (χ2n) is 4.19. The van der Waals surface area contributed by atoms with Gasteiger partial charge in [-0.1, -0.05) is 6.07 Å². The quantitative estimate of drug-likeness (QED) is 0.947. The zero-order valence-corrected chi connectivity index (χ0v) is 11.7. The normalized spacial score (nSPS) is 12.4. The van der Waals surface area contributed by atoms with Crippen molar-refractivity contribution in [3.05, 3.63) is 48.3 Å². The van der Waals surface area contributed by atoms with E-state index >= 15 is 0 Å². The van der Waals surface area contributed by atoms with E-state index in [2.05, 4.69) is 4.98 Å². The standard InChI is InChI=1S/C13H11F3N2O2S/c1-17-21(19,20)12-6-10(9-3-2-4-18-8-9)5-11(7-12)13(14,15)16/h2-8,17H,1H3. The van der Waals surface area contributed by atoms with E-state index in [0.717, 1.165) is 13.1 Å². The van der Waals surface area contributed by atoms with Crippen LogP contribution >= 0.6 is 0 Å². The number of nitrogens with one attached hydrogen (secondary N) is 1. The lowest BCUT2D eigenvalue weighted by Gasteiger charge is -2.12. The van der Waals surface area contributed by atoms with Crippen LogP contribution in [0.2, 0.25) is 0 Å². The number of pyridine rings is 1. The first-order valence-electron chi connectivity index (χ1n) is 5.80. The predicted octanol–water partition coefficient (Wildman–Crippen LogP) is 2.68. The Kier molecular flexibility index (Phi) is 4.02. The van der Waals surface area contributed by atoms with E-state index in [1.165, 1.54) is 18.5 Å². The van der Waals surface area contributed by atoms with E-state index in [-0.39, 0.29) is 5.56 Å². The van der Waals surface area contributed by atoms with Gasteiger partial charge in [-0.15, -0.1) is 0 Å². The zero-order valence-electron chi connectivity index (χ0n) is 10.8. The maximum absolute atomic E-state index is 12.9. The van der Waals surface area contributed by atoms with Crippen LogP contribution < -0.4 is 4.72 Å². The lowest BCUT2D eigenvalue weighted by Crippen LogP contribution is -2.19. The fourth-order valence-electron chi connectivity index (χ4n) is 1.74. The molecule has 0 unspecified atom stereocenters. The summed E-state index contributed by atoms with van der Waals surface area (Å²) in [6.45, 7) is 0. The van der Waals surface area contributed by atoms with Crippen molar-refractivity contribution in [2.45, 2.75) is 11.1 Å². The minimum absolute atomic E-state index is 0.131. The molecule has 112 valence electrons. The molecule has 0 aliphatic carbocycles. The van der Waals surface area contributed by atoms with Crippen LogP contribution in [-0.2, 0) is 16.2 Å². The van der Waals surface area contributed by atoms with Crippen LogP contribution in [0.1, 0.15) is 5.56 Å². The van der Waals surface area contributed by atoms with Crippen LogP contribution in [0.4, 0.5) is 13.2 Å². The van der Waals surface area contributed by atoms with Crippen LogP contribution in [0.15, 0.2) is 47.6 Å². The van der Waals surface area contributed by atoms with Gasteiger partial charge < -0.3 is 0 Å². The molecular weight excluding hydrogens is 305 g/mol. The maximum Gasteiger partial charge on any atom is 0.416 e. The van der Waals surface area contributed by atoms with Crippen molar-refractivity contribution in [3.8, 4) is 11.1 Å². The molecule has 8 heteroatoms. The van der Waals surface area contributed by atoms with Gasteiger partial charge in [0, 0.05) is 18.0 Å². The van der Waals surface area contributed by atoms with Gasteiger partial charge in [-0.05, 0) is 36.9 Å². The summed E-state index contributed by atoms with van der Waals surface area (Å²) >= 11 is 0. The maximum atomic E-state index is 12.9. The van der Waals surface area contributed by atoms with Gasteiger partial charge in [-0.3, -0.25) is 4.98 Å². The average molecular weight is 316 g/mol. The van der Waals surface area contributed by atoms with E-state index < -0.39 is 26.7 Å². The van der Waals surface area contributed by atoms with Crippen molar-refractivity contribution in [1.82, 2.24) is 9.71 Å². The Morgan fingerprint density at radius 3 is 2.38 bits per heavy atom. The van der Waals surface area contributed by atoms with Gasteiger partial charge >= 0.3 is 6.18 Å². The summed E-state index contributed by atoms with van der Waals surface area (Å²) in [5.74, 6) is 0. The smallest absolute Gasteiger partial charge is 0.264 e. The first kappa shape index (κ1) is 15.5. The highest BCUT2D eigenvalue weighted by molar-refractivity contribution is 7.89.